The zero-order chi connectivity index (χ0) is 14.6. The number of piperazine rings is 1. The number of rotatable bonds is 5. The Morgan fingerprint density at radius 1 is 1.15 bits per heavy atom. The fraction of sp³-hybridized carbons (Fsp3) is 0.538. The third-order valence-electron chi connectivity index (χ3n) is 3.56. The van der Waals surface area contributed by atoms with Crippen LogP contribution >= 0.6 is 0 Å². The third-order valence-corrected chi connectivity index (χ3v) is 5.12. The zero-order valence-corrected chi connectivity index (χ0v) is 12.4. The number of nitrogens with one attached hydrogen (secondary N) is 1. The van der Waals surface area contributed by atoms with E-state index >= 15 is 0 Å². The molecule has 1 fully saturated rings. The number of benzene rings is 1. The molecule has 0 unspecified atom stereocenters. The molecule has 0 atom stereocenters. The molecule has 1 aliphatic heterocycles. The van der Waals surface area contributed by atoms with E-state index in [1.54, 1.807) is 12.1 Å². The van der Waals surface area contributed by atoms with Gasteiger partial charge in [0, 0.05) is 39.8 Å². The molecule has 5 nitrogen and oxygen atoms in total. The quantitative estimate of drug-likeness (QED) is 0.859. The van der Waals surface area contributed by atoms with Crippen molar-refractivity contribution in [2.75, 3.05) is 39.8 Å². The zero-order valence-electron chi connectivity index (χ0n) is 11.5. The molecule has 1 N–H and O–H groups in total. The highest BCUT2D eigenvalue weighted by atomic mass is 32.2. The molecule has 1 aliphatic rings. The molecule has 0 aliphatic carbocycles. The van der Waals surface area contributed by atoms with Gasteiger partial charge in [-0.05, 0) is 24.1 Å². The number of hydrogen-bond acceptors (Lipinski definition) is 3. The number of nitrogens with zero attached hydrogens (tertiary/aromatic N) is 2. The predicted octanol–water partition coefficient (Wildman–Crippen LogP) is 0.450. The van der Waals surface area contributed by atoms with E-state index in [9.17, 15) is 12.8 Å². The third kappa shape index (κ3) is 3.99. The molecule has 20 heavy (non-hydrogen) atoms. The van der Waals surface area contributed by atoms with Crippen molar-refractivity contribution in [3.05, 3.63) is 35.6 Å². The normalized spacial score (nSPS) is 18.3. The summed E-state index contributed by atoms with van der Waals surface area (Å²) in [5.41, 5.74) is 1.09. The fourth-order valence-corrected chi connectivity index (χ4v) is 3.16. The van der Waals surface area contributed by atoms with E-state index in [0.29, 0.717) is 13.1 Å². The molecular formula is C13H20FN3O2S. The Bertz CT molecular complexity index is 525. The Balaban J connectivity index is 1.79. The summed E-state index contributed by atoms with van der Waals surface area (Å²) in [7, 11) is -1.87. The lowest BCUT2D eigenvalue weighted by Crippen LogP contribution is -2.51. The molecule has 2 rings (SSSR count). The van der Waals surface area contributed by atoms with Crippen LogP contribution in [0.3, 0.4) is 0 Å². The van der Waals surface area contributed by atoms with E-state index in [1.165, 1.54) is 23.5 Å². The average Bonchev–Trinajstić information content (AvgIpc) is 2.47. The summed E-state index contributed by atoms with van der Waals surface area (Å²) in [6.07, 6.45) is 0.846. The minimum atomic E-state index is -3.30. The van der Waals surface area contributed by atoms with E-state index in [-0.39, 0.29) is 5.82 Å². The summed E-state index contributed by atoms with van der Waals surface area (Å²) < 4.78 is 39.9. The predicted molar refractivity (Wildman–Crippen MR) is 76.1 cm³/mol. The van der Waals surface area contributed by atoms with Gasteiger partial charge < -0.3 is 4.90 Å². The van der Waals surface area contributed by atoms with E-state index in [1.807, 2.05) is 0 Å². The largest absolute Gasteiger partial charge is 0.300 e. The van der Waals surface area contributed by atoms with E-state index in [2.05, 4.69) is 9.62 Å². The molecule has 7 heteroatoms. The van der Waals surface area contributed by atoms with Gasteiger partial charge in [0.1, 0.15) is 5.82 Å². The van der Waals surface area contributed by atoms with Crippen molar-refractivity contribution in [1.29, 1.82) is 0 Å². The van der Waals surface area contributed by atoms with Gasteiger partial charge in [0.2, 0.25) is 0 Å². The summed E-state index contributed by atoms with van der Waals surface area (Å²) in [4.78, 5) is 2.23. The maximum absolute atomic E-state index is 12.8. The Labute approximate surface area is 119 Å². The first kappa shape index (κ1) is 15.4. The molecule has 1 saturated heterocycles. The second-order valence-electron chi connectivity index (χ2n) is 4.83. The van der Waals surface area contributed by atoms with Gasteiger partial charge in [-0.1, -0.05) is 12.1 Å². The smallest absolute Gasteiger partial charge is 0.279 e. The van der Waals surface area contributed by atoms with Crippen molar-refractivity contribution < 1.29 is 12.8 Å². The lowest BCUT2D eigenvalue weighted by atomic mass is 10.1. The summed E-state index contributed by atoms with van der Waals surface area (Å²) in [6, 6.07) is 6.51. The Hall–Kier alpha value is -1.02. The van der Waals surface area contributed by atoms with Crippen molar-refractivity contribution in [3.63, 3.8) is 0 Å². The van der Waals surface area contributed by atoms with E-state index in [4.69, 9.17) is 0 Å². The van der Waals surface area contributed by atoms with Crippen LogP contribution in [0.5, 0.6) is 0 Å². The van der Waals surface area contributed by atoms with Gasteiger partial charge in [0.05, 0.1) is 0 Å². The maximum Gasteiger partial charge on any atom is 0.279 e. The van der Waals surface area contributed by atoms with Gasteiger partial charge in [-0.3, -0.25) is 0 Å². The van der Waals surface area contributed by atoms with Crippen LogP contribution in [-0.2, 0) is 16.6 Å². The SMILES string of the molecule is CNS(=O)(=O)N1CCN(CCc2ccc(F)cc2)CC1. The topological polar surface area (TPSA) is 52.7 Å². The molecule has 1 heterocycles. The molecule has 0 radical (unpaired) electrons. The first-order valence-electron chi connectivity index (χ1n) is 6.67. The second kappa shape index (κ2) is 6.62. The summed E-state index contributed by atoms with van der Waals surface area (Å²) in [5.74, 6) is -0.223. The molecular weight excluding hydrogens is 281 g/mol. The highest BCUT2D eigenvalue weighted by Crippen LogP contribution is 2.08. The lowest BCUT2D eigenvalue weighted by molar-refractivity contribution is 0.189. The Morgan fingerprint density at radius 2 is 1.75 bits per heavy atom. The molecule has 0 saturated carbocycles. The van der Waals surface area contributed by atoms with Gasteiger partial charge in [0.25, 0.3) is 10.2 Å². The van der Waals surface area contributed by atoms with Crippen molar-refractivity contribution in [2.45, 2.75) is 6.42 Å². The summed E-state index contributed by atoms with van der Waals surface area (Å²) in [5, 5.41) is 0. The highest BCUT2D eigenvalue weighted by Gasteiger charge is 2.25. The number of halogens is 1. The first-order chi connectivity index (χ1) is 9.51. The Morgan fingerprint density at radius 3 is 2.30 bits per heavy atom. The van der Waals surface area contributed by atoms with Gasteiger partial charge in [0.15, 0.2) is 0 Å². The standard InChI is InChI=1S/C13H20FN3O2S/c1-15-20(18,19)17-10-8-16(9-11-17)7-6-12-2-4-13(14)5-3-12/h2-5,15H,6-11H2,1H3. The van der Waals surface area contributed by atoms with Crippen LogP contribution in [0.2, 0.25) is 0 Å². The van der Waals surface area contributed by atoms with Crippen molar-refractivity contribution >= 4 is 10.2 Å². The Kier molecular flexibility index (Phi) is 5.09. The van der Waals surface area contributed by atoms with E-state index < -0.39 is 10.2 Å². The molecule has 0 spiro atoms. The first-order valence-corrected chi connectivity index (χ1v) is 8.11. The van der Waals surface area contributed by atoms with Gasteiger partial charge >= 0.3 is 0 Å². The molecule has 0 aromatic heterocycles. The van der Waals surface area contributed by atoms with Crippen LogP contribution in [0.15, 0.2) is 24.3 Å². The van der Waals surface area contributed by atoms with Crippen LogP contribution in [0.4, 0.5) is 4.39 Å². The van der Waals surface area contributed by atoms with Crippen LogP contribution in [0.25, 0.3) is 0 Å². The molecule has 0 amide bonds. The highest BCUT2D eigenvalue weighted by molar-refractivity contribution is 7.87. The molecule has 112 valence electrons. The summed E-state index contributed by atoms with van der Waals surface area (Å²) in [6.45, 7) is 3.32. The molecule has 1 aromatic rings. The monoisotopic (exact) mass is 301 g/mol. The van der Waals surface area contributed by atoms with Crippen molar-refractivity contribution in [2.24, 2.45) is 0 Å². The van der Waals surface area contributed by atoms with Gasteiger partial charge in [-0.25, -0.2) is 9.11 Å². The average molecular weight is 301 g/mol. The van der Waals surface area contributed by atoms with Crippen molar-refractivity contribution in [1.82, 2.24) is 13.9 Å². The van der Waals surface area contributed by atoms with Crippen LogP contribution in [0.1, 0.15) is 5.56 Å². The second-order valence-corrected chi connectivity index (χ2v) is 6.70. The van der Waals surface area contributed by atoms with Crippen molar-refractivity contribution in [3.8, 4) is 0 Å². The van der Waals surface area contributed by atoms with Crippen LogP contribution in [-0.4, -0.2) is 57.4 Å². The van der Waals surface area contributed by atoms with Crippen LogP contribution < -0.4 is 4.72 Å². The van der Waals surface area contributed by atoms with E-state index in [0.717, 1.165) is 31.6 Å². The minimum Gasteiger partial charge on any atom is -0.300 e. The summed E-state index contributed by atoms with van der Waals surface area (Å²) >= 11 is 0. The molecule has 1 aromatic carbocycles. The number of hydrogen-bond donors (Lipinski definition) is 1. The van der Waals surface area contributed by atoms with Gasteiger partial charge in [-0.2, -0.15) is 12.7 Å². The fourth-order valence-electron chi connectivity index (χ4n) is 2.26. The van der Waals surface area contributed by atoms with Gasteiger partial charge in [-0.15, -0.1) is 0 Å². The minimum absolute atomic E-state index is 0.223. The maximum atomic E-state index is 12.8. The lowest BCUT2D eigenvalue weighted by Gasteiger charge is -2.33. The molecule has 0 bridgehead atoms. The van der Waals surface area contributed by atoms with Crippen LogP contribution in [0, 0.1) is 5.82 Å².